The van der Waals surface area contributed by atoms with Crippen molar-refractivity contribution in [3.05, 3.63) is 16.7 Å². The Labute approximate surface area is 62.3 Å². The zero-order valence-corrected chi connectivity index (χ0v) is 6.33. The first kappa shape index (κ1) is 6.21. The largest absolute Gasteiger partial charge is 0.327 e. The van der Waals surface area contributed by atoms with E-state index in [0.717, 1.165) is 11.2 Å². The molecule has 0 aromatic carbocycles. The van der Waals surface area contributed by atoms with Crippen molar-refractivity contribution in [1.29, 1.82) is 0 Å². The summed E-state index contributed by atoms with van der Waals surface area (Å²) in [4.78, 5) is 13.7. The second kappa shape index (κ2) is 1.75. The van der Waals surface area contributed by atoms with Gasteiger partial charge >= 0.3 is 5.69 Å². The molecule has 0 saturated heterocycles. The van der Waals surface area contributed by atoms with Crippen LogP contribution >= 0.6 is 0 Å². The molecule has 0 atom stereocenters. The molecule has 0 aliphatic carbocycles. The van der Waals surface area contributed by atoms with Crippen LogP contribution in [0, 0.1) is 0 Å². The molecule has 0 saturated carbocycles. The monoisotopic (exact) mass is 152 g/mol. The maximum Gasteiger partial charge on any atom is 0.327 e. The van der Waals surface area contributed by atoms with E-state index in [1.54, 1.807) is 25.0 Å². The Hall–Kier alpha value is -1.52. The van der Waals surface area contributed by atoms with Gasteiger partial charge < -0.3 is 4.98 Å². The minimum Gasteiger partial charge on any atom is -0.303 e. The van der Waals surface area contributed by atoms with Gasteiger partial charge in [0.2, 0.25) is 0 Å². The highest BCUT2D eigenvalue weighted by atomic mass is 16.1. The number of nitrogens with zero attached hydrogens (tertiary/aromatic N) is 3. The molecule has 11 heavy (non-hydrogen) atoms. The van der Waals surface area contributed by atoms with Crippen LogP contribution in [-0.2, 0) is 14.1 Å². The number of rotatable bonds is 0. The smallest absolute Gasteiger partial charge is 0.303 e. The molecule has 0 radical (unpaired) electrons. The van der Waals surface area contributed by atoms with E-state index < -0.39 is 0 Å². The summed E-state index contributed by atoms with van der Waals surface area (Å²) < 4.78 is 3.19. The summed E-state index contributed by atoms with van der Waals surface area (Å²) in [5.74, 6) is 0. The molecule has 5 nitrogen and oxygen atoms in total. The minimum atomic E-state index is -0.104. The van der Waals surface area contributed by atoms with E-state index in [2.05, 4.69) is 10.1 Å². The van der Waals surface area contributed by atoms with Gasteiger partial charge in [0.05, 0.1) is 6.20 Å². The molecule has 0 spiro atoms. The van der Waals surface area contributed by atoms with Crippen LogP contribution in [0.5, 0.6) is 0 Å². The highest BCUT2D eigenvalue weighted by Crippen LogP contribution is 2.04. The molecule has 2 aromatic heterocycles. The van der Waals surface area contributed by atoms with Crippen molar-refractivity contribution < 1.29 is 0 Å². The minimum absolute atomic E-state index is 0.104. The molecule has 0 unspecified atom stereocenters. The van der Waals surface area contributed by atoms with E-state index >= 15 is 0 Å². The molecule has 1 N–H and O–H groups in total. The van der Waals surface area contributed by atoms with Gasteiger partial charge in [0.15, 0.2) is 5.65 Å². The molecule has 0 fully saturated rings. The first-order valence-electron chi connectivity index (χ1n) is 3.27. The number of nitrogens with one attached hydrogen (secondary N) is 1. The summed E-state index contributed by atoms with van der Waals surface area (Å²) in [6, 6.07) is 0. The average Bonchev–Trinajstić information content (AvgIpc) is 2.41. The maximum absolute atomic E-state index is 11.0. The Morgan fingerprint density at radius 2 is 2.27 bits per heavy atom. The second-order valence-electron chi connectivity index (χ2n) is 2.49. The van der Waals surface area contributed by atoms with Crippen molar-refractivity contribution in [2.45, 2.75) is 0 Å². The Kier molecular flexibility index (Phi) is 0.986. The Morgan fingerprint density at radius 1 is 1.55 bits per heavy atom. The molecule has 0 aliphatic heterocycles. The number of aromatic nitrogens is 4. The third-order valence-electron chi connectivity index (χ3n) is 1.77. The number of imidazole rings is 1. The number of fused-ring (bicyclic) bond motifs is 1. The van der Waals surface area contributed by atoms with Gasteiger partial charge in [0, 0.05) is 14.1 Å². The van der Waals surface area contributed by atoms with Crippen molar-refractivity contribution in [2.24, 2.45) is 14.1 Å². The van der Waals surface area contributed by atoms with Crippen LogP contribution in [0.1, 0.15) is 0 Å². The van der Waals surface area contributed by atoms with Gasteiger partial charge in [-0.15, -0.1) is 0 Å². The van der Waals surface area contributed by atoms with Crippen molar-refractivity contribution in [1.82, 2.24) is 19.3 Å². The van der Waals surface area contributed by atoms with Crippen LogP contribution in [0.15, 0.2) is 11.0 Å². The fraction of sp³-hybridized carbons (Fsp3) is 0.333. The summed E-state index contributed by atoms with van der Waals surface area (Å²) in [6.45, 7) is 0. The zero-order valence-electron chi connectivity index (χ0n) is 6.33. The summed E-state index contributed by atoms with van der Waals surface area (Å²) in [5.41, 5.74) is 1.49. The molecule has 2 heterocycles. The van der Waals surface area contributed by atoms with Gasteiger partial charge in [-0.3, -0.25) is 9.25 Å². The molecule has 0 amide bonds. The molecule has 5 heteroatoms. The SMILES string of the molecule is Cn1ncc2[nH]c(=O)n(C)c21. The maximum atomic E-state index is 11.0. The predicted molar refractivity (Wildman–Crippen MR) is 40.3 cm³/mol. The lowest BCUT2D eigenvalue weighted by molar-refractivity contribution is 0.745. The van der Waals surface area contributed by atoms with Crippen LogP contribution in [0.2, 0.25) is 0 Å². The number of hydrogen-bond acceptors (Lipinski definition) is 2. The van der Waals surface area contributed by atoms with E-state index in [9.17, 15) is 4.79 Å². The summed E-state index contributed by atoms with van der Waals surface area (Å²) >= 11 is 0. The van der Waals surface area contributed by atoms with Crippen molar-refractivity contribution in [3.8, 4) is 0 Å². The van der Waals surface area contributed by atoms with Gasteiger partial charge in [0.1, 0.15) is 5.52 Å². The van der Waals surface area contributed by atoms with E-state index in [1.165, 1.54) is 4.57 Å². The van der Waals surface area contributed by atoms with Crippen molar-refractivity contribution >= 4 is 11.2 Å². The first-order chi connectivity index (χ1) is 5.20. The summed E-state index contributed by atoms with van der Waals surface area (Å²) in [6.07, 6.45) is 1.64. The van der Waals surface area contributed by atoms with Gasteiger partial charge in [-0.05, 0) is 0 Å². The summed E-state index contributed by atoms with van der Waals surface area (Å²) in [7, 11) is 3.51. The molecule has 58 valence electrons. The molecule has 0 bridgehead atoms. The lowest BCUT2D eigenvalue weighted by Gasteiger charge is -1.91. The third kappa shape index (κ3) is 0.646. The van der Waals surface area contributed by atoms with Crippen LogP contribution in [0.3, 0.4) is 0 Å². The normalized spacial score (nSPS) is 11.1. The van der Waals surface area contributed by atoms with Crippen LogP contribution in [0.25, 0.3) is 11.2 Å². The topological polar surface area (TPSA) is 55.6 Å². The Balaban J connectivity index is 3.07. The van der Waals surface area contributed by atoms with E-state index in [0.29, 0.717) is 0 Å². The van der Waals surface area contributed by atoms with E-state index in [-0.39, 0.29) is 5.69 Å². The molecule has 2 rings (SSSR count). The van der Waals surface area contributed by atoms with E-state index in [4.69, 9.17) is 0 Å². The lowest BCUT2D eigenvalue weighted by Crippen LogP contribution is -2.14. The Morgan fingerprint density at radius 3 is 2.91 bits per heavy atom. The van der Waals surface area contributed by atoms with Crippen LogP contribution in [0.4, 0.5) is 0 Å². The fourth-order valence-electron chi connectivity index (χ4n) is 1.21. The summed E-state index contributed by atoms with van der Waals surface area (Å²) in [5, 5.41) is 3.98. The highest BCUT2D eigenvalue weighted by Gasteiger charge is 2.05. The number of aryl methyl sites for hydroxylation is 2. The highest BCUT2D eigenvalue weighted by molar-refractivity contribution is 5.69. The molecular weight excluding hydrogens is 144 g/mol. The second-order valence-corrected chi connectivity index (χ2v) is 2.49. The van der Waals surface area contributed by atoms with Crippen LogP contribution in [-0.4, -0.2) is 19.3 Å². The quantitative estimate of drug-likeness (QED) is 0.558. The molecular formula is C6H8N4O. The first-order valence-corrected chi connectivity index (χ1v) is 3.27. The van der Waals surface area contributed by atoms with Crippen molar-refractivity contribution in [3.63, 3.8) is 0 Å². The lowest BCUT2D eigenvalue weighted by atomic mass is 10.6. The standard InChI is InChI=1S/C6H8N4O/c1-9-5-4(8-6(9)11)3-7-10(5)2/h3H,1-2H3,(H,8,11). The van der Waals surface area contributed by atoms with Crippen LogP contribution < -0.4 is 5.69 Å². The van der Waals surface area contributed by atoms with Gasteiger partial charge in [0.25, 0.3) is 0 Å². The Bertz CT molecular complexity index is 447. The number of aromatic amines is 1. The third-order valence-corrected chi connectivity index (χ3v) is 1.77. The van der Waals surface area contributed by atoms with E-state index in [1.807, 2.05) is 0 Å². The van der Waals surface area contributed by atoms with Gasteiger partial charge in [-0.2, -0.15) is 5.10 Å². The number of hydrogen-bond donors (Lipinski definition) is 1. The average molecular weight is 152 g/mol. The van der Waals surface area contributed by atoms with Crippen molar-refractivity contribution in [2.75, 3.05) is 0 Å². The predicted octanol–water partition coefficient (Wildman–Crippen LogP) is -0.400. The van der Waals surface area contributed by atoms with Gasteiger partial charge in [-0.25, -0.2) is 4.79 Å². The molecule has 2 aromatic rings. The fourth-order valence-corrected chi connectivity index (χ4v) is 1.21. The van der Waals surface area contributed by atoms with Gasteiger partial charge in [-0.1, -0.05) is 0 Å². The molecule has 0 aliphatic rings. The number of H-pyrrole nitrogens is 1. The zero-order chi connectivity index (χ0) is 8.01.